The summed E-state index contributed by atoms with van der Waals surface area (Å²) in [5.74, 6) is 2.47. The number of para-hydroxylation sites is 3. The van der Waals surface area contributed by atoms with Gasteiger partial charge in [0.15, 0.2) is 23.1 Å². The van der Waals surface area contributed by atoms with Crippen LogP contribution in [0.4, 0.5) is 0 Å². The number of nitrogens with zero attached hydrogens (tertiary/aromatic N) is 5. The van der Waals surface area contributed by atoms with Crippen LogP contribution in [0.1, 0.15) is 0 Å². The average Bonchev–Trinajstić information content (AvgIpc) is 3.81. The van der Waals surface area contributed by atoms with Crippen LogP contribution < -0.4 is 0 Å². The van der Waals surface area contributed by atoms with Gasteiger partial charge in [-0.05, 0) is 71.8 Å². The fraction of sp³-hybridized carbons (Fsp3) is 0. The van der Waals surface area contributed by atoms with E-state index in [0.29, 0.717) is 23.4 Å². The van der Waals surface area contributed by atoms with Gasteiger partial charge in [-0.3, -0.25) is 0 Å². The summed E-state index contributed by atoms with van der Waals surface area (Å²) in [5, 5.41) is 2.34. The first-order chi connectivity index (χ1) is 25.7. The van der Waals surface area contributed by atoms with E-state index in [1.807, 2.05) is 60.7 Å². The molecule has 0 fully saturated rings. The lowest BCUT2D eigenvalue weighted by atomic mass is 10.0. The first-order valence-corrected chi connectivity index (χ1v) is 17.2. The number of rotatable bonds is 6. The Morgan fingerprint density at radius 3 is 1.71 bits per heavy atom. The second kappa shape index (κ2) is 12.3. The number of oxazole rings is 1. The number of fused-ring (bicyclic) bond motifs is 4. The molecule has 244 valence electrons. The third-order valence-electron chi connectivity index (χ3n) is 9.49. The third kappa shape index (κ3) is 5.22. The molecular weight excluding hydrogens is 639 g/mol. The highest BCUT2D eigenvalue weighted by atomic mass is 16.3. The van der Waals surface area contributed by atoms with Crippen molar-refractivity contribution in [3.8, 4) is 62.4 Å². The van der Waals surface area contributed by atoms with Crippen LogP contribution in [0.25, 0.3) is 95.3 Å². The molecule has 0 saturated carbocycles. The van der Waals surface area contributed by atoms with Gasteiger partial charge < -0.3 is 8.98 Å². The smallest absolute Gasteiger partial charge is 0.227 e. The van der Waals surface area contributed by atoms with E-state index in [-0.39, 0.29) is 0 Å². The minimum Gasteiger partial charge on any atom is -0.436 e. The largest absolute Gasteiger partial charge is 0.436 e. The molecule has 6 nitrogen and oxygen atoms in total. The highest BCUT2D eigenvalue weighted by Gasteiger charge is 2.17. The molecule has 0 unspecified atom stereocenters. The maximum atomic E-state index is 6.16. The Morgan fingerprint density at radius 2 is 0.942 bits per heavy atom. The molecule has 7 aromatic carbocycles. The summed E-state index contributed by atoms with van der Waals surface area (Å²) in [7, 11) is 0. The quantitative estimate of drug-likeness (QED) is 0.176. The van der Waals surface area contributed by atoms with Crippen LogP contribution in [0, 0.1) is 0 Å². The first kappa shape index (κ1) is 29.7. The van der Waals surface area contributed by atoms with Crippen LogP contribution >= 0.6 is 0 Å². The molecule has 0 aliphatic rings. The Bertz CT molecular complexity index is 2860. The van der Waals surface area contributed by atoms with Crippen LogP contribution in [0.2, 0.25) is 0 Å². The normalized spacial score (nSPS) is 11.5. The lowest BCUT2D eigenvalue weighted by molar-refractivity contribution is 0.620. The van der Waals surface area contributed by atoms with Crippen molar-refractivity contribution in [3.05, 3.63) is 176 Å². The summed E-state index contributed by atoms with van der Waals surface area (Å²) in [6.07, 6.45) is 0. The highest BCUT2D eigenvalue weighted by Crippen LogP contribution is 2.36. The van der Waals surface area contributed by atoms with Gasteiger partial charge in [-0.1, -0.05) is 115 Å². The van der Waals surface area contributed by atoms with Crippen molar-refractivity contribution < 1.29 is 4.42 Å². The fourth-order valence-corrected chi connectivity index (χ4v) is 6.96. The van der Waals surface area contributed by atoms with Gasteiger partial charge in [0, 0.05) is 38.7 Å². The van der Waals surface area contributed by atoms with Crippen molar-refractivity contribution >= 4 is 32.9 Å². The Balaban J connectivity index is 1.09. The zero-order chi connectivity index (χ0) is 34.4. The monoisotopic (exact) mass is 667 g/mol. The molecule has 0 aliphatic carbocycles. The van der Waals surface area contributed by atoms with E-state index in [1.54, 1.807) is 0 Å². The molecular formula is C46H29N5O. The zero-order valence-corrected chi connectivity index (χ0v) is 27.9. The Morgan fingerprint density at radius 1 is 0.365 bits per heavy atom. The maximum absolute atomic E-state index is 6.16. The molecule has 10 rings (SSSR count). The van der Waals surface area contributed by atoms with Crippen LogP contribution in [0.15, 0.2) is 180 Å². The molecule has 0 bridgehead atoms. The lowest BCUT2D eigenvalue weighted by Gasteiger charge is -2.11. The summed E-state index contributed by atoms with van der Waals surface area (Å²) in [5.41, 5.74) is 10.8. The number of hydrogen-bond acceptors (Lipinski definition) is 5. The third-order valence-corrected chi connectivity index (χ3v) is 9.49. The highest BCUT2D eigenvalue weighted by molar-refractivity contribution is 6.10. The van der Waals surface area contributed by atoms with Gasteiger partial charge in [0.1, 0.15) is 5.52 Å². The predicted molar refractivity (Wildman–Crippen MR) is 209 cm³/mol. The molecule has 0 atom stereocenters. The second-order valence-corrected chi connectivity index (χ2v) is 12.7. The van der Waals surface area contributed by atoms with E-state index in [2.05, 4.69) is 120 Å². The van der Waals surface area contributed by atoms with Crippen LogP contribution in [0.5, 0.6) is 0 Å². The maximum Gasteiger partial charge on any atom is 0.227 e. The topological polar surface area (TPSA) is 69.6 Å². The van der Waals surface area contributed by atoms with Gasteiger partial charge in [0.25, 0.3) is 0 Å². The second-order valence-electron chi connectivity index (χ2n) is 12.7. The van der Waals surface area contributed by atoms with Crippen molar-refractivity contribution in [1.29, 1.82) is 0 Å². The van der Waals surface area contributed by atoms with Crippen molar-refractivity contribution in [2.75, 3.05) is 0 Å². The summed E-state index contributed by atoms with van der Waals surface area (Å²) < 4.78 is 8.46. The molecule has 3 heterocycles. The zero-order valence-electron chi connectivity index (χ0n) is 27.9. The number of aromatic nitrogens is 5. The number of benzene rings is 7. The summed E-state index contributed by atoms with van der Waals surface area (Å²) in [6.45, 7) is 0. The van der Waals surface area contributed by atoms with Gasteiger partial charge in [-0.15, -0.1) is 0 Å². The molecule has 0 N–H and O–H groups in total. The van der Waals surface area contributed by atoms with Crippen molar-refractivity contribution in [3.63, 3.8) is 0 Å². The number of hydrogen-bond donors (Lipinski definition) is 0. The van der Waals surface area contributed by atoms with E-state index in [4.69, 9.17) is 24.4 Å². The molecule has 10 aromatic rings. The molecule has 0 saturated heterocycles. The van der Waals surface area contributed by atoms with Crippen LogP contribution in [-0.2, 0) is 0 Å². The van der Waals surface area contributed by atoms with Gasteiger partial charge in [-0.2, -0.15) is 0 Å². The van der Waals surface area contributed by atoms with Gasteiger partial charge in [0.05, 0.1) is 11.0 Å². The molecule has 0 aliphatic heterocycles. The SMILES string of the molecule is c1ccc(-c2cccc(-c3nc(-c4ccccc4)nc(-c4ccc(-n5c6ccccc6c6ccc(-c7nc8ccccc8o7)cc65)cc4)n3)c2)cc1. The van der Waals surface area contributed by atoms with Crippen LogP contribution in [0.3, 0.4) is 0 Å². The van der Waals surface area contributed by atoms with E-state index in [9.17, 15) is 0 Å². The van der Waals surface area contributed by atoms with Crippen molar-refractivity contribution in [2.45, 2.75) is 0 Å². The average molecular weight is 668 g/mol. The van der Waals surface area contributed by atoms with Crippen LogP contribution in [-0.4, -0.2) is 24.5 Å². The van der Waals surface area contributed by atoms with E-state index < -0.39 is 0 Å². The molecule has 6 heteroatoms. The van der Waals surface area contributed by atoms with Crippen molar-refractivity contribution in [1.82, 2.24) is 24.5 Å². The van der Waals surface area contributed by atoms with E-state index in [1.165, 1.54) is 5.39 Å². The van der Waals surface area contributed by atoms with E-state index in [0.717, 1.165) is 66.6 Å². The Kier molecular flexibility index (Phi) is 7.03. The van der Waals surface area contributed by atoms with Gasteiger partial charge in [0.2, 0.25) is 5.89 Å². The molecule has 0 radical (unpaired) electrons. The molecule has 52 heavy (non-hydrogen) atoms. The molecule has 3 aromatic heterocycles. The Labute approximate surface area is 299 Å². The first-order valence-electron chi connectivity index (χ1n) is 17.2. The standard InChI is InChI=1S/C46H29N5O/c1-3-12-30(13-4-1)33-16-11-17-34(28-33)45-49-43(31-14-5-2-6-15-31)48-44(50-45)32-22-25-36(26-23-32)51-40-20-9-7-18-37(40)38-27-24-35(29-41(38)51)46-47-39-19-8-10-21-42(39)52-46/h1-29H. The van der Waals surface area contributed by atoms with E-state index >= 15 is 0 Å². The van der Waals surface area contributed by atoms with Gasteiger partial charge >= 0.3 is 0 Å². The van der Waals surface area contributed by atoms with Crippen molar-refractivity contribution in [2.24, 2.45) is 0 Å². The summed E-state index contributed by atoms with van der Waals surface area (Å²) >= 11 is 0. The van der Waals surface area contributed by atoms with Gasteiger partial charge in [-0.25, -0.2) is 19.9 Å². The minimum atomic E-state index is 0.601. The molecule has 0 spiro atoms. The summed E-state index contributed by atoms with van der Waals surface area (Å²) in [4.78, 5) is 19.8. The lowest BCUT2D eigenvalue weighted by Crippen LogP contribution is -2.00. The molecule has 0 amide bonds. The summed E-state index contributed by atoms with van der Waals surface area (Å²) in [6, 6.07) is 60.0. The predicted octanol–water partition coefficient (Wildman–Crippen LogP) is 11.4. The fourth-order valence-electron chi connectivity index (χ4n) is 6.96. The minimum absolute atomic E-state index is 0.601. The Hall–Kier alpha value is -7.18.